The third-order valence-electron chi connectivity index (χ3n) is 6.28. The first-order valence-corrected chi connectivity index (χ1v) is 11.6. The highest BCUT2D eigenvalue weighted by atomic mass is 16.5. The molecular weight excluding hydrogens is 412 g/mol. The Labute approximate surface area is 195 Å². The average molecular weight is 445 g/mol. The van der Waals surface area contributed by atoms with Gasteiger partial charge in [-0.25, -0.2) is 0 Å². The molecular formula is C28H32N2O3. The number of aryl methyl sites for hydroxylation is 1. The zero-order valence-corrected chi connectivity index (χ0v) is 19.6. The van der Waals surface area contributed by atoms with Gasteiger partial charge in [-0.1, -0.05) is 26.0 Å². The smallest absolute Gasteiger partial charge is 0.119 e. The minimum absolute atomic E-state index is 0.244. The van der Waals surface area contributed by atoms with Crippen molar-refractivity contribution in [2.45, 2.75) is 27.3 Å². The van der Waals surface area contributed by atoms with E-state index in [-0.39, 0.29) is 11.5 Å². The average Bonchev–Trinajstić information content (AvgIpc) is 3.09. The van der Waals surface area contributed by atoms with Crippen LogP contribution in [0.4, 0.5) is 0 Å². The normalized spacial score (nSPS) is 11.4. The molecule has 0 aliphatic heterocycles. The zero-order valence-electron chi connectivity index (χ0n) is 19.6. The van der Waals surface area contributed by atoms with Crippen LogP contribution in [0.2, 0.25) is 0 Å². The van der Waals surface area contributed by atoms with Crippen molar-refractivity contribution in [3.63, 3.8) is 0 Å². The molecule has 0 spiro atoms. The molecule has 0 fully saturated rings. The number of likely N-dealkylation sites (N-methyl/N-ethyl adjacent to an activating group) is 1. The highest BCUT2D eigenvalue weighted by Gasteiger charge is 2.17. The lowest BCUT2D eigenvalue weighted by molar-refractivity contribution is 0.223. The van der Waals surface area contributed by atoms with Crippen LogP contribution in [-0.2, 0) is 6.54 Å². The van der Waals surface area contributed by atoms with Gasteiger partial charge in [-0.3, -0.25) is 0 Å². The van der Waals surface area contributed by atoms with Gasteiger partial charge in [0.15, 0.2) is 0 Å². The summed E-state index contributed by atoms with van der Waals surface area (Å²) < 4.78 is 8.21. The molecule has 4 rings (SSSR count). The molecule has 0 aliphatic carbocycles. The summed E-state index contributed by atoms with van der Waals surface area (Å²) >= 11 is 0. The fourth-order valence-corrected chi connectivity index (χ4v) is 4.37. The first kappa shape index (κ1) is 22.7. The molecule has 3 aromatic carbocycles. The lowest BCUT2D eigenvalue weighted by atomic mass is 10.1. The van der Waals surface area contributed by atoms with Crippen molar-refractivity contribution in [3.8, 4) is 28.5 Å². The molecule has 0 saturated heterocycles. The van der Waals surface area contributed by atoms with E-state index in [1.54, 1.807) is 18.2 Å². The molecule has 4 aromatic rings. The number of ether oxygens (including phenoxy) is 1. The highest BCUT2D eigenvalue weighted by Crippen LogP contribution is 2.36. The molecule has 0 atom stereocenters. The number of phenols is 2. The predicted molar refractivity (Wildman–Crippen MR) is 134 cm³/mol. The zero-order chi connectivity index (χ0) is 23.4. The second-order valence-electron chi connectivity index (χ2n) is 8.33. The third-order valence-corrected chi connectivity index (χ3v) is 6.28. The van der Waals surface area contributed by atoms with Crippen molar-refractivity contribution >= 4 is 10.9 Å². The van der Waals surface area contributed by atoms with Crippen LogP contribution in [0.25, 0.3) is 22.2 Å². The largest absolute Gasteiger partial charge is 0.508 e. The van der Waals surface area contributed by atoms with Crippen LogP contribution in [0.15, 0.2) is 66.7 Å². The van der Waals surface area contributed by atoms with E-state index in [2.05, 4.69) is 42.4 Å². The summed E-state index contributed by atoms with van der Waals surface area (Å²) in [5.41, 5.74) is 5.43. The Balaban J connectivity index is 1.62. The number of hydrogen-bond acceptors (Lipinski definition) is 4. The highest BCUT2D eigenvalue weighted by molar-refractivity contribution is 5.92. The van der Waals surface area contributed by atoms with Crippen LogP contribution >= 0.6 is 0 Å². The molecule has 1 heterocycles. The van der Waals surface area contributed by atoms with E-state index in [9.17, 15) is 10.2 Å². The maximum atomic E-state index is 10.1. The molecule has 0 radical (unpaired) electrons. The molecule has 0 bridgehead atoms. The summed E-state index contributed by atoms with van der Waals surface area (Å²) in [5.74, 6) is 1.38. The Hall–Kier alpha value is -3.44. The number of nitrogens with zero attached hydrogens (tertiary/aromatic N) is 2. The van der Waals surface area contributed by atoms with Crippen molar-refractivity contribution in [3.05, 3.63) is 77.9 Å². The summed E-state index contributed by atoms with van der Waals surface area (Å²) in [7, 11) is 0. The minimum atomic E-state index is 0.244. The quantitative estimate of drug-likeness (QED) is 0.343. The predicted octanol–water partition coefficient (Wildman–Crippen LogP) is 5.80. The number of benzene rings is 3. The Morgan fingerprint density at radius 2 is 1.52 bits per heavy atom. The van der Waals surface area contributed by atoms with E-state index < -0.39 is 0 Å². The Morgan fingerprint density at radius 1 is 0.848 bits per heavy atom. The molecule has 5 nitrogen and oxygen atoms in total. The van der Waals surface area contributed by atoms with Crippen molar-refractivity contribution in [2.24, 2.45) is 0 Å². The number of fused-ring (bicyclic) bond motifs is 1. The molecule has 2 N–H and O–H groups in total. The van der Waals surface area contributed by atoms with E-state index in [0.717, 1.165) is 58.7 Å². The number of aromatic hydroxyl groups is 2. The van der Waals surface area contributed by atoms with Gasteiger partial charge in [0, 0.05) is 24.0 Å². The fourth-order valence-electron chi connectivity index (χ4n) is 4.37. The van der Waals surface area contributed by atoms with Gasteiger partial charge in [0.25, 0.3) is 0 Å². The SMILES string of the molecule is CCN(CC)CCOc1ccc(Cn2c(-c3ccc(O)cc3)c(C)c3cc(O)ccc32)cc1. The molecule has 1 aromatic heterocycles. The second-order valence-corrected chi connectivity index (χ2v) is 8.33. The third kappa shape index (κ3) is 4.99. The Morgan fingerprint density at radius 3 is 2.18 bits per heavy atom. The van der Waals surface area contributed by atoms with E-state index in [0.29, 0.717) is 13.2 Å². The Bertz CT molecular complexity index is 1210. The molecule has 33 heavy (non-hydrogen) atoms. The van der Waals surface area contributed by atoms with Crippen molar-refractivity contribution < 1.29 is 14.9 Å². The summed E-state index contributed by atoms with van der Waals surface area (Å²) in [6.07, 6.45) is 0. The van der Waals surface area contributed by atoms with Crippen LogP contribution in [0.3, 0.4) is 0 Å². The maximum Gasteiger partial charge on any atom is 0.119 e. The fraction of sp³-hybridized carbons (Fsp3) is 0.286. The number of aromatic nitrogens is 1. The van der Waals surface area contributed by atoms with Crippen molar-refractivity contribution in [1.29, 1.82) is 0 Å². The van der Waals surface area contributed by atoms with E-state index in [1.165, 1.54) is 0 Å². The molecule has 0 unspecified atom stereocenters. The first-order valence-electron chi connectivity index (χ1n) is 11.6. The molecule has 5 heteroatoms. The molecule has 172 valence electrons. The van der Waals surface area contributed by atoms with E-state index in [1.807, 2.05) is 36.4 Å². The molecule has 0 saturated carbocycles. The van der Waals surface area contributed by atoms with E-state index >= 15 is 0 Å². The van der Waals surface area contributed by atoms with Gasteiger partial charge in [0.1, 0.15) is 23.9 Å². The molecule has 0 amide bonds. The Kier molecular flexibility index (Phi) is 6.90. The van der Waals surface area contributed by atoms with Gasteiger partial charge in [0.2, 0.25) is 0 Å². The summed E-state index contributed by atoms with van der Waals surface area (Å²) in [6.45, 7) is 10.8. The monoisotopic (exact) mass is 444 g/mol. The van der Waals surface area contributed by atoms with Crippen LogP contribution in [-0.4, -0.2) is 45.9 Å². The van der Waals surface area contributed by atoms with Gasteiger partial charge in [-0.05, 0) is 91.3 Å². The van der Waals surface area contributed by atoms with Crippen LogP contribution < -0.4 is 4.74 Å². The van der Waals surface area contributed by atoms with Crippen LogP contribution in [0.1, 0.15) is 25.0 Å². The number of phenolic OH excluding ortho intramolecular Hbond substituents is 2. The number of hydrogen-bond donors (Lipinski definition) is 2. The van der Waals surface area contributed by atoms with Crippen LogP contribution in [0, 0.1) is 6.92 Å². The second kappa shape index (κ2) is 10.0. The maximum absolute atomic E-state index is 10.1. The summed E-state index contributed by atoms with van der Waals surface area (Å²) in [4.78, 5) is 2.34. The topological polar surface area (TPSA) is 57.9 Å². The minimum Gasteiger partial charge on any atom is -0.508 e. The van der Waals surface area contributed by atoms with Gasteiger partial charge in [-0.15, -0.1) is 0 Å². The van der Waals surface area contributed by atoms with Gasteiger partial charge in [0.05, 0.1) is 5.69 Å². The van der Waals surface area contributed by atoms with Crippen molar-refractivity contribution in [2.75, 3.05) is 26.2 Å². The summed E-state index contributed by atoms with van der Waals surface area (Å²) in [6, 6.07) is 21.1. The van der Waals surface area contributed by atoms with Gasteiger partial charge < -0.3 is 24.4 Å². The van der Waals surface area contributed by atoms with Gasteiger partial charge in [-0.2, -0.15) is 0 Å². The summed E-state index contributed by atoms with van der Waals surface area (Å²) in [5, 5.41) is 20.8. The van der Waals surface area contributed by atoms with Gasteiger partial charge >= 0.3 is 0 Å². The van der Waals surface area contributed by atoms with Crippen molar-refractivity contribution in [1.82, 2.24) is 9.47 Å². The number of rotatable bonds is 9. The lowest BCUT2D eigenvalue weighted by Crippen LogP contribution is -2.27. The van der Waals surface area contributed by atoms with Crippen LogP contribution in [0.5, 0.6) is 17.2 Å². The standard InChI is InChI=1S/C28H32N2O3/c1-4-29(5-2)16-17-33-25-13-6-21(7-14-25)19-30-27-15-12-24(32)18-26(27)20(3)28(30)22-8-10-23(31)11-9-22/h6-15,18,31-32H,4-5,16-17,19H2,1-3H3. The van der Waals surface area contributed by atoms with E-state index in [4.69, 9.17) is 4.74 Å². The lowest BCUT2D eigenvalue weighted by Gasteiger charge is -2.18. The molecule has 0 aliphatic rings. The first-order chi connectivity index (χ1) is 16.0.